The Morgan fingerprint density at radius 1 is 0.522 bits per heavy atom. The molecular formula is C96H190N8O9S2. The van der Waals surface area contributed by atoms with Crippen LogP contribution in [0.25, 0.3) is 10.9 Å². The van der Waals surface area contributed by atoms with Crippen LogP contribution >= 0.6 is 24.4 Å². The van der Waals surface area contributed by atoms with E-state index in [9.17, 15) is 19.2 Å². The molecule has 2 aromatic heterocycles. The molecule has 19 heteroatoms. The first-order valence-electron chi connectivity index (χ1n) is 42.7. The summed E-state index contributed by atoms with van der Waals surface area (Å²) in [6.45, 7) is 60.6. The second-order valence-electron chi connectivity index (χ2n) is 26.5. The number of fused-ring (bicyclic) bond motifs is 1. The van der Waals surface area contributed by atoms with Gasteiger partial charge in [0.25, 0.3) is 0 Å². The smallest absolute Gasteiger partial charge is 0.303 e. The van der Waals surface area contributed by atoms with Crippen LogP contribution in [-0.4, -0.2) is 107 Å². The zero-order valence-electron chi connectivity index (χ0n) is 79.0. The number of aromatic amines is 2. The van der Waals surface area contributed by atoms with Gasteiger partial charge in [0.15, 0.2) is 0 Å². The topological polar surface area (TPSA) is 342 Å². The van der Waals surface area contributed by atoms with E-state index >= 15 is 0 Å². The van der Waals surface area contributed by atoms with Crippen LogP contribution in [0.1, 0.15) is 351 Å². The third kappa shape index (κ3) is 185. The number of benzene rings is 4. The molecule has 4 aromatic carbocycles. The lowest BCUT2D eigenvalue weighted by Gasteiger charge is -1.93. The Labute approximate surface area is 720 Å². The summed E-state index contributed by atoms with van der Waals surface area (Å²) < 4.78 is 0. The number of aryl methyl sites for hydroxylation is 5. The van der Waals surface area contributed by atoms with Gasteiger partial charge in [0.2, 0.25) is 11.8 Å². The maximum absolute atomic E-state index is 9.82. The molecule has 680 valence electrons. The van der Waals surface area contributed by atoms with Gasteiger partial charge in [-0.05, 0) is 162 Å². The molecule has 17 nitrogen and oxygen atoms in total. The highest BCUT2D eigenvalue weighted by molar-refractivity contribution is 7.98. The van der Waals surface area contributed by atoms with Crippen molar-refractivity contribution >= 4 is 64.9 Å². The summed E-state index contributed by atoms with van der Waals surface area (Å²) in [4.78, 5) is 48.4. The number of nitrogens with two attached hydrogens (primary N) is 4. The predicted molar refractivity (Wildman–Crippen MR) is 521 cm³/mol. The number of carboxylic acid groups (broad SMARTS) is 2. The van der Waals surface area contributed by atoms with Crippen molar-refractivity contribution in [3.8, 4) is 5.75 Å². The number of hydrogen-bond donors (Lipinski definition) is 13. The fraction of sp³-hybridized carbons (Fsp3) is 0.646. The standard InChI is InChI=1S/C10H11N.C8H10O.C8H10.C7H8.C6H14N2.C5H8N2.C5H13N.3C5H12.C4H9NO.C4H8O2.C4H10S.C4H10.C3H7NO.C3H6O2.C3H8O.C2H6O.C2H6S.C2H6.CH4/c1-2-8-7-11-10-6-4-3-5-9(8)10;1-2-7-3-5-8(9)6-4-7;1-2-8-6-4-3-5-7-8;1-7-5-3-2-4-6-7;1-2-3-4-5-6(7)8;1-2-5-3-6-4-7-5;1-2-3-4-5-6;2*1-4-5(2)3;1-3-5-4-2;2*1-2-3-4(5)6;1-3-4-5-2;1-4(2)3;2*1-2-3(4)5;1-3(2)4;2*1-2-3;1-2;/h3-7,11H,2H2,1H3;3-6,9H,2H2,1H3;3-7H,2H2,1H3;2-6H,1H3;2-5H2,1H3,(H3,7,8);3-4H,2H2,1H3,(H,6,7);2-6H2,1H3;2*5H,4H2,1-3H3;3-5H2,1-2H3;2-3H2,1H3,(H2,5,6);2-3H2,1H3,(H,5,6);3-4H2,1-2H3;4H,1-3H3;2H2,1H3,(H2,4,5);2H2,1H3,(H,4,5);3-4H,1-2H3;2*3H,2H2,1H3;1-2H3;1H4. The Hall–Kier alpha value is -6.64. The summed E-state index contributed by atoms with van der Waals surface area (Å²) in [5, 5.41) is 48.3. The van der Waals surface area contributed by atoms with Crippen LogP contribution in [-0.2, 0) is 44.9 Å². The van der Waals surface area contributed by atoms with E-state index in [1.54, 1.807) is 53.1 Å². The van der Waals surface area contributed by atoms with E-state index in [4.69, 9.17) is 48.1 Å². The summed E-state index contributed by atoms with van der Waals surface area (Å²) in [6, 6.07) is 36.4. The first kappa shape index (κ1) is 143. The predicted octanol–water partition coefficient (Wildman–Crippen LogP) is 26.8. The summed E-state index contributed by atoms with van der Waals surface area (Å²) in [7, 11) is 0. The number of thiol groups is 1. The van der Waals surface area contributed by atoms with Crippen molar-refractivity contribution in [1.29, 1.82) is 5.41 Å². The van der Waals surface area contributed by atoms with Crippen molar-refractivity contribution in [2.24, 2.45) is 40.7 Å². The number of hydrogen-bond acceptors (Lipinski definition) is 12. The third-order valence-corrected chi connectivity index (χ3v) is 13.6. The number of aliphatic hydroxyl groups excluding tert-OH is 2. The van der Waals surface area contributed by atoms with Crippen molar-refractivity contribution < 1.29 is 44.7 Å². The van der Waals surface area contributed by atoms with Gasteiger partial charge in [-0.3, -0.25) is 24.6 Å². The Kier molecular flexibility index (Phi) is 163. The van der Waals surface area contributed by atoms with E-state index in [1.165, 1.54) is 115 Å². The molecule has 0 atom stereocenters. The molecule has 0 radical (unpaired) electrons. The highest BCUT2D eigenvalue weighted by Crippen LogP contribution is 2.17. The maximum Gasteiger partial charge on any atom is 0.303 e. The average molecular weight is 1660 g/mol. The number of H-pyrrole nitrogens is 2. The molecule has 0 aliphatic carbocycles. The molecule has 6 aromatic rings. The van der Waals surface area contributed by atoms with E-state index in [-0.39, 0.29) is 38.4 Å². The third-order valence-electron chi connectivity index (χ3n) is 12.7. The maximum atomic E-state index is 9.82. The molecule has 16 N–H and O–H groups in total. The number of primary amides is 2. The van der Waals surface area contributed by atoms with Crippen LogP contribution in [0.4, 0.5) is 0 Å². The van der Waals surface area contributed by atoms with Gasteiger partial charge in [-0.25, -0.2) is 4.98 Å². The highest BCUT2D eigenvalue weighted by atomic mass is 32.2. The van der Waals surface area contributed by atoms with Crippen molar-refractivity contribution in [2.45, 2.75) is 362 Å². The first-order valence-corrected chi connectivity index (χ1v) is 44.7. The van der Waals surface area contributed by atoms with Crippen LogP contribution in [0.2, 0.25) is 0 Å². The van der Waals surface area contributed by atoms with Gasteiger partial charge in [0.05, 0.1) is 12.2 Å². The van der Waals surface area contributed by atoms with E-state index in [0.29, 0.717) is 30.8 Å². The van der Waals surface area contributed by atoms with Gasteiger partial charge < -0.3 is 58.4 Å². The summed E-state index contributed by atoms with van der Waals surface area (Å²) in [6.07, 6.45) is 30.9. The quantitative estimate of drug-likeness (QED) is 0.0123. The molecule has 0 saturated heterocycles. The number of phenolic OH excluding ortho intramolecular Hbond substituents is 1. The second-order valence-corrected chi connectivity index (χ2v) is 28.1. The van der Waals surface area contributed by atoms with E-state index < -0.39 is 11.9 Å². The summed E-state index contributed by atoms with van der Waals surface area (Å²) in [5.41, 5.74) is 27.6. The number of nitrogens with zero attached hydrogens (tertiary/aromatic N) is 1. The number of nitrogens with one attached hydrogen (secondary N) is 3. The molecule has 0 saturated carbocycles. The number of imidazole rings is 1. The monoisotopic (exact) mass is 1660 g/mol. The minimum atomic E-state index is -0.745. The molecule has 6 rings (SSSR count). The number of rotatable bonds is 23. The van der Waals surface area contributed by atoms with Gasteiger partial charge in [0, 0.05) is 73.8 Å². The molecule has 115 heavy (non-hydrogen) atoms. The number of phenols is 1. The molecule has 0 aliphatic rings. The molecule has 2 amide bonds. The van der Waals surface area contributed by atoms with Crippen molar-refractivity contribution in [2.75, 3.05) is 30.9 Å². The lowest BCUT2D eigenvalue weighted by Crippen LogP contribution is -2.08. The number of unbranched alkanes of at least 4 members (excludes halogenated alkanes) is 6. The second kappa shape index (κ2) is 131. The van der Waals surface area contributed by atoms with Crippen LogP contribution in [0, 0.1) is 30.1 Å². The van der Waals surface area contributed by atoms with E-state index in [0.717, 1.165) is 81.4 Å². The van der Waals surface area contributed by atoms with Gasteiger partial charge in [0.1, 0.15) is 5.75 Å². The molecular weight excluding hydrogens is 1470 g/mol. The molecule has 0 aliphatic heterocycles. The lowest BCUT2D eigenvalue weighted by atomic mass is 10.1. The Morgan fingerprint density at radius 2 is 0.896 bits per heavy atom. The van der Waals surface area contributed by atoms with Crippen LogP contribution in [0.15, 0.2) is 128 Å². The number of amidine groups is 1. The SMILES string of the molecule is C.CC.CC(C)C.CC(C)O.CCC(=O)O.CCC(C)C.CCC(C)C.CCC(N)=O.CCCC(=O)O.CCCC(N)=O.CCCCC.CCCCCC(=N)N.CCCCCN.CCCSC.CCO.CCS.CCc1c[nH]c2ccccc12.CCc1ccc(O)cc1.CCc1ccccc1.CCc1cnc[nH]1.Cc1ccccc1. The lowest BCUT2D eigenvalue weighted by molar-refractivity contribution is -0.137. The van der Waals surface area contributed by atoms with Crippen LogP contribution < -0.4 is 22.9 Å². The normalized spacial score (nSPS) is 8.64. The van der Waals surface area contributed by atoms with Crippen LogP contribution in [0.5, 0.6) is 5.75 Å². The van der Waals surface area contributed by atoms with Crippen molar-refractivity contribution in [1.82, 2.24) is 15.0 Å². The number of aromatic hydroxyl groups is 1. The van der Waals surface area contributed by atoms with Crippen molar-refractivity contribution in [3.63, 3.8) is 0 Å². The number of para-hydroxylation sites is 1. The average Bonchev–Trinajstić information content (AvgIpc) is 1.70. The Morgan fingerprint density at radius 3 is 1.10 bits per heavy atom. The minimum absolute atomic E-state index is 0. The Bertz CT molecular complexity index is 2580. The number of carbonyl (C=O) groups is 4. The van der Waals surface area contributed by atoms with E-state index in [1.807, 2.05) is 89.0 Å². The minimum Gasteiger partial charge on any atom is -0.508 e. The fourth-order valence-electron chi connectivity index (χ4n) is 5.86. The van der Waals surface area contributed by atoms with Crippen LogP contribution in [0.3, 0.4) is 0 Å². The molecule has 0 unspecified atom stereocenters. The highest BCUT2D eigenvalue weighted by Gasteiger charge is 1.98. The molecule has 2 heterocycles. The number of amides is 2. The zero-order valence-corrected chi connectivity index (χ0v) is 80.7. The Balaban J connectivity index is -0.0000000711. The van der Waals surface area contributed by atoms with Gasteiger partial charge >= 0.3 is 11.9 Å². The van der Waals surface area contributed by atoms with Gasteiger partial charge in [-0.2, -0.15) is 24.4 Å². The fourth-order valence-corrected chi connectivity index (χ4v) is 6.27. The number of aromatic nitrogens is 3. The van der Waals surface area contributed by atoms with Gasteiger partial charge in [-0.15, -0.1) is 0 Å². The number of carbonyl (C=O) groups excluding carboxylic acids is 2. The number of thioether (sulfide) groups is 1. The molecule has 0 fully saturated rings. The molecule has 0 spiro atoms. The molecule has 0 bridgehead atoms. The number of aliphatic carboxylic acids is 2. The largest absolute Gasteiger partial charge is 0.508 e. The van der Waals surface area contributed by atoms with Gasteiger partial charge in [-0.1, -0.05) is 335 Å². The number of aliphatic hydroxyl groups is 2. The van der Waals surface area contributed by atoms with Crippen molar-refractivity contribution in [3.05, 3.63) is 156 Å². The van der Waals surface area contributed by atoms with E-state index in [2.05, 4.69) is 238 Å². The summed E-state index contributed by atoms with van der Waals surface area (Å²) >= 11 is 5.69. The summed E-state index contributed by atoms with van der Waals surface area (Å²) in [5.74, 6) is 3.60. The number of carboxylic acids is 2. The first-order chi connectivity index (χ1) is 53.9. The zero-order chi connectivity index (χ0) is 91.6.